The van der Waals surface area contributed by atoms with Gasteiger partial charge in [-0.05, 0) is 31.5 Å². The Kier molecular flexibility index (Phi) is 2.94. The van der Waals surface area contributed by atoms with Crippen LogP contribution in [-0.2, 0) is 11.2 Å². The molecule has 2 nitrogen and oxygen atoms in total. The van der Waals surface area contributed by atoms with E-state index in [1.165, 1.54) is 5.56 Å². The predicted molar refractivity (Wildman–Crippen MR) is 52.9 cm³/mol. The van der Waals surface area contributed by atoms with Crippen molar-refractivity contribution in [2.75, 3.05) is 7.11 Å². The van der Waals surface area contributed by atoms with Gasteiger partial charge in [-0.3, -0.25) is 0 Å². The molecule has 0 aliphatic heterocycles. The second-order valence-corrected chi connectivity index (χ2v) is 3.81. The third-order valence-electron chi connectivity index (χ3n) is 2.12. The molecule has 1 rings (SSSR count). The Morgan fingerprint density at radius 2 is 1.77 bits per heavy atom. The highest BCUT2D eigenvalue weighted by atomic mass is 16.5. The minimum atomic E-state index is -0.142. The van der Waals surface area contributed by atoms with E-state index in [2.05, 4.69) is 0 Å². The van der Waals surface area contributed by atoms with Crippen molar-refractivity contribution in [2.45, 2.75) is 25.9 Å². The van der Waals surface area contributed by atoms with Crippen LogP contribution in [0.3, 0.4) is 0 Å². The number of methoxy groups -OCH3 is 1. The first-order chi connectivity index (χ1) is 6.03. The molecule has 0 heterocycles. The van der Waals surface area contributed by atoms with Gasteiger partial charge in [-0.25, -0.2) is 0 Å². The quantitative estimate of drug-likeness (QED) is 0.773. The average molecular weight is 180 g/mol. The number of phenolic OH excluding ortho intramolecular Hbond substituents is 1. The molecule has 72 valence electrons. The van der Waals surface area contributed by atoms with Crippen LogP contribution in [0.15, 0.2) is 24.3 Å². The molecule has 0 atom stereocenters. The van der Waals surface area contributed by atoms with E-state index in [4.69, 9.17) is 9.84 Å². The molecule has 0 fully saturated rings. The number of hydrogen-bond donors (Lipinski definition) is 1. The fourth-order valence-corrected chi connectivity index (χ4v) is 1.18. The molecule has 2 heteroatoms. The number of aromatic hydroxyl groups is 1. The fraction of sp³-hybridized carbons (Fsp3) is 0.455. The first-order valence-corrected chi connectivity index (χ1v) is 4.36. The number of phenols is 1. The van der Waals surface area contributed by atoms with Crippen LogP contribution in [0.4, 0.5) is 0 Å². The van der Waals surface area contributed by atoms with Gasteiger partial charge >= 0.3 is 0 Å². The van der Waals surface area contributed by atoms with Crippen molar-refractivity contribution in [3.63, 3.8) is 0 Å². The fourth-order valence-electron chi connectivity index (χ4n) is 1.18. The number of hydrogen-bond acceptors (Lipinski definition) is 2. The van der Waals surface area contributed by atoms with Crippen molar-refractivity contribution in [2.24, 2.45) is 0 Å². The zero-order valence-corrected chi connectivity index (χ0v) is 8.37. The molecule has 0 unspecified atom stereocenters. The molecule has 13 heavy (non-hydrogen) atoms. The van der Waals surface area contributed by atoms with E-state index in [1.807, 2.05) is 26.0 Å². The predicted octanol–water partition coefficient (Wildman–Crippen LogP) is 2.36. The summed E-state index contributed by atoms with van der Waals surface area (Å²) in [5.41, 5.74) is 1.03. The Labute approximate surface area is 79.2 Å². The number of benzene rings is 1. The van der Waals surface area contributed by atoms with Gasteiger partial charge in [0.15, 0.2) is 0 Å². The van der Waals surface area contributed by atoms with E-state index in [0.717, 1.165) is 6.42 Å². The van der Waals surface area contributed by atoms with Crippen LogP contribution in [-0.4, -0.2) is 17.8 Å². The lowest BCUT2D eigenvalue weighted by Crippen LogP contribution is -2.25. The molecule has 0 radical (unpaired) electrons. The third-order valence-corrected chi connectivity index (χ3v) is 2.12. The molecular weight excluding hydrogens is 164 g/mol. The molecule has 0 aromatic heterocycles. The molecule has 0 amide bonds. The number of rotatable bonds is 3. The molecule has 0 bridgehead atoms. The zero-order chi connectivity index (χ0) is 9.90. The lowest BCUT2D eigenvalue weighted by Gasteiger charge is -2.22. The van der Waals surface area contributed by atoms with Gasteiger partial charge in [0.1, 0.15) is 5.75 Å². The lowest BCUT2D eigenvalue weighted by atomic mass is 9.98. The van der Waals surface area contributed by atoms with E-state index in [-0.39, 0.29) is 5.60 Å². The van der Waals surface area contributed by atoms with Gasteiger partial charge < -0.3 is 9.84 Å². The third kappa shape index (κ3) is 3.07. The Bertz CT molecular complexity index is 262. The van der Waals surface area contributed by atoms with Crippen LogP contribution in [0.1, 0.15) is 19.4 Å². The normalized spacial score (nSPS) is 11.6. The summed E-state index contributed by atoms with van der Waals surface area (Å²) in [7, 11) is 1.71. The van der Waals surface area contributed by atoms with Gasteiger partial charge in [0.05, 0.1) is 5.60 Å². The zero-order valence-electron chi connectivity index (χ0n) is 8.37. The molecule has 0 aliphatic rings. The Balaban J connectivity index is 2.69. The molecule has 1 aromatic rings. The molecule has 1 aromatic carbocycles. The van der Waals surface area contributed by atoms with Gasteiger partial charge in [0.25, 0.3) is 0 Å². The summed E-state index contributed by atoms with van der Waals surface area (Å²) in [6.07, 6.45) is 0.851. The molecule has 0 aliphatic carbocycles. The van der Waals surface area contributed by atoms with E-state index in [0.29, 0.717) is 5.75 Å². The minimum Gasteiger partial charge on any atom is -0.508 e. The average Bonchev–Trinajstić information content (AvgIpc) is 2.09. The highest BCUT2D eigenvalue weighted by molar-refractivity contribution is 5.26. The molecule has 0 spiro atoms. The summed E-state index contributed by atoms with van der Waals surface area (Å²) in [4.78, 5) is 0. The van der Waals surface area contributed by atoms with Crippen LogP contribution in [0.2, 0.25) is 0 Å². The highest BCUT2D eigenvalue weighted by Crippen LogP contribution is 2.17. The first kappa shape index (κ1) is 10.1. The SMILES string of the molecule is COC(C)(C)Cc1ccc(O)cc1. The molecule has 0 saturated carbocycles. The van der Waals surface area contributed by atoms with Gasteiger partial charge in [-0.15, -0.1) is 0 Å². The maximum Gasteiger partial charge on any atom is 0.115 e. The maximum absolute atomic E-state index is 9.08. The van der Waals surface area contributed by atoms with E-state index in [1.54, 1.807) is 19.2 Å². The largest absolute Gasteiger partial charge is 0.508 e. The second-order valence-electron chi connectivity index (χ2n) is 3.81. The monoisotopic (exact) mass is 180 g/mol. The van der Waals surface area contributed by atoms with Crippen molar-refractivity contribution in [1.82, 2.24) is 0 Å². The van der Waals surface area contributed by atoms with Crippen LogP contribution in [0.25, 0.3) is 0 Å². The second kappa shape index (κ2) is 3.79. The maximum atomic E-state index is 9.08. The van der Waals surface area contributed by atoms with Crippen LogP contribution < -0.4 is 0 Å². The summed E-state index contributed by atoms with van der Waals surface area (Å²) in [5, 5.41) is 9.08. The van der Waals surface area contributed by atoms with Gasteiger partial charge in [-0.1, -0.05) is 12.1 Å². The molecule has 1 N–H and O–H groups in total. The smallest absolute Gasteiger partial charge is 0.115 e. The molecular formula is C11H16O2. The summed E-state index contributed by atoms with van der Waals surface area (Å²) in [5.74, 6) is 0.305. The minimum absolute atomic E-state index is 0.142. The van der Waals surface area contributed by atoms with Crippen molar-refractivity contribution in [3.05, 3.63) is 29.8 Å². The van der Waals surface area contributed by atoms with Crippen LogP contribution in [0.5, 0.6) is 5.75 Å². The number of ether oxygens (including phenoxy) is 1. The van der Waals surface area contributed by atoms with Gasteiger partial charge in [0.2, 0.25) is 0 Å². The van der Waals surface area contributed by atoms with Crippen molar-refractivity contribution < 1.29 is 9.84 Å². The van der Waals surface area contributed by atoms with E-state index in [9.17, 15) is 0 Å². The summed E-state index contributed by atoms with van der Waals surface area (Å²) < 4.78 is 5.31. The Hall–Kier alpha value is -1.02. The summed E-state index contributed by atoms with van der Waals surface area (Å²) in [6.45, 7) is 4.08. The summed E-state index contributed by atoms with van der Waals surface area (Å²) >= 11 is 0. The van der Waals surface area contributed by atoms with Crippen molar-refractivity contribution in [3.8, 4) is 5.75 Å². The Morgan fingerprint density at radius 3 is 2.23 bits per heavy atom. The standard InChI is InChI=1S/C11H16O2/c1-11(2,13-3)8-9-4-6-10(12)7-5-9/h4-7,12H,8H2,1-3H3. The topological polar surface area (TPSA) is 29.5 Å². The van der Waals surface area contributed by atoms with E-state index >= 15 is 0 Å². The Morgan fingerprint density at radius 1 is 1.23 bits per heavy atom. The highest BCUT2D eigenvalue weighted by Gasteiger charge is 2.16. The van der Waals surface area contributed by atoms with E-state index < -0.39 is 0 Å². The molecule has 0 saturated heterocycles. The van der Waals surface area contributed by atoms with Crippen LogP contribution >= 0.6 is 0 Å². The first-order valence-electron chi connectivity index (χ1n) is 4.36. The van der Waals surface area contributed by atoms with Gasteiger partial charge in [-0.2, -0.15) is 0 Å². The van der Waals surface area contributed by atoms with Crippen molar-refractivity contribution in [1.29, 1.82) is 0 Å². The summed E-state index contributed by atoms with van der Waals surface area (Å²) in [6, 6.07) is 7.22. The van der Waals surface area contributed by atoms with Gasteiger partial charge in [0, 0.05) is 13.5 Å². The lowest BCUT2D eigenvalue weighted by molar-refractivity contribution is 0.0232. The van der Waals surface area contributed by atoms with Crippen LogP contribution in [0, 0.1) is 0 Å². The van der Waals surface area contributed by atoms with Crippen molar-refractivity contribution >= 4 is 0 Å².